The monoisotopic (exact) mass is 387 g/mol. The number of fused-ring (bicyclic) bond motifs is 6. The molecule has 5 heteroatoms. The van der Waals surface area contributed by atoms with E-state index in [0.29, 0.717) is 36.8 Å². The van der Waals surface area contributed by atoms with E-state index in [-0.39, 0.29) is 5.97 Å². The fraction of sp³-hybridized carbons (Fsp3) is 0.208. The number of anilines is 1. The number of benzene rings is 3. The van der Waals surface area contributed by atoms with Gasteiger partial charge in [-0.15, -0.1) is 0 Å². The van der Waals surface area contributed by atoms with Crippen molar-refractivity contribution in [1.29, 1.82) is 0 Å². The first-order valence-corrected chi connectivity index (χ1v) is 9.81. The first kappa shape index (κ1) is 17.8. The van der Waals surface area contributed by atoms with Crippen molar-refractivity contribution in [2.24, 2.45) is 0 Å². The van der Waals surface area contributed by atoms with Crippen molar-refractivity contribution in [2.45, 2.75) is 12.5 Å². The number of ether oxygens (including phenoxy) is 3. The Hall–Kier alpha value is -3.31. The molecule has 0 radical (unpaired) electrons. The van der Waals surface area contributed by atoms with Gasteiger partial charge in [-0.1, -0.05) is 48.5 Å². The van der Waals surface area contributed by atoms with E-state index in [9.17, 15) is 4.79 Å². The highest BCUT2D eigenvalue weighted by Crippen LogP contribution is 2.56. The molecule has 2 heterocycles. The standard InChI is InChI=1S/C24H21NO4/c1-2-27-15-14-25-19-11-7-10-18-22(19)23(26)29-24(18)16-8-3-5-12-20(16)28-21-13-6-4-9-17(21)24/h3-13,25H,2,14-15H2,1H3. The van der Waals surface area contributed by atoms with E-state index in [1.807, 2.05) is 73.7 Å². The molecule has 29 heavy (non-hydrogen) atoms. The normalized spacial score (nSPS) is 15.1. The Bertz CT molecular complexity index is 1050. The predicted molar refractivity (Wildman–Crippen MR) is 110 cm³/mol. The van der Waals surface area contributed by atoms with Crippen LogP contribution >= 0.6 is 0 Å². The van der Waals surface area contributed by atoms with Gasteiger partial charge in [0.2, 0.25) is 0 Å². The van der Waals surface area contributed by atoms with Gasteiger partial charge in [-0.3, -0.25) is 0 Å². The maximum absolute atomic E-state index is 13.1. The van der Waals surface area contributed by atoms with Crippen LogP contribution in [-0.2, 0) is 15.1 Å². The minimum atomic E-state index is -1.02. The lowest BCUT2D eigenvalue weighted by atomic mass is 9.77. The van der Waals surface area contributed by atoms with Crippen molar-refractivity contribution in [3.8, 4) is 11.5 Å². The largest absolute Gasteiger partial charge is 0.456 e. The van der Waals surface area contributed by atoms with Crippen molar-refractivity contribution in [1.82, 2.24) is 0 Å². The zero-order chi connectivity index (χ0) is 19.8. The van der Waals surface area contributed by atoms with Crippen LogP contribution < -0.4 is 10.1 Å². The molecule has 1 spiro atoms. The van der Waals surface area contributed by atoms with Crippen LogP contribution in [-0.4, -0.2) is 25.7 Å². The molecule has 0 bridgehead atoms. The minimum Gasteiger partial charge on any atom is -0.456 e. The Labute approximate surface area is 169 Å². The number of para-hydroxylation sites is 2. The van der Waals surface area contributed by atoms with Crippen LogP contribution in [0.1, 0.15) is 34.0 Å². The van der Waals surface area contributed by atoms with Gasteiger partial charge in [0.25, 0.3) is 0 Å². The molecule has 3 aromatic rings. The second-order valence-electron chi connectivity index (χ2n) is 7.02. The molecule has 0 amide bonds. The Morgan fingerprint density at radius 1 is 0.897 bits per heavy atom. The van der Waals surface area contributed by atoms with Crippen molar-refractivity contribution in [3.63, 3.8) is 0 Å². The first-order chi connectivity index (χ1) is 14.3. The van der Waals surface area contributed by atoms with Crippen LogP contribution in [0.4, 0.5) is 5.69 Å². The van der Waals surface area contributed by atoms with Gasteiger partial charge in [-0.25, -0.2) is 4.79 Å². The average Bonchev–Trinajstić information content (AvgIpc) is 3.05. The van der Waals surface area contributed by atoms with Crippen molar-refractivity contribution in [3.05, 3.63) is 89.0 Å². The zero-order valence-corrected chi connectivity index (χ0v) is 16.1. The third kappa shape index (κ3) is 2.62. The number of carbonyl (C=O) groups excluding carboxylic acids is 1. The Kier molecular flexibility index (Phi) is 4.25. The van der Waals surface area contributed by atoms with E-state index in [1.54, 1.807) is 0 Å². The van der Waals surface area contributed by atoms with Crippen LogP contribution in [0.3, 0.4) is 0 Å². The maximum Gasteiger partial charge on any atom is 0.342 e. The molecule has 2 aliphatic rings. The fourth-order valence-corrected chi connectivity index (χ4v) is 4.22. The Balaban J connectivity index is 1.69. The van der Waals surface area contributed by atoms with Crippen molar-refractivity contribution >= 4 is 11.7 Å². The predicted octanol–water partition coefficient (Wildman–Crippen LogP) is 4.70. The van der Waals surface area contributed by atoms with Gasteiger partial charge in [0, 0.05) is 35.5 Å². The quantitative estimate of drug-likeness (QED) is 0.508. The van der Waals surface area contributed by atoms with Gasteiger partial charge in [-0.05, 0) is 25.1 Å². The molecule has 0 saturated carbocycles. The molecule has 5 rings (SSSR count). The first-order valence-electron chi connectivity index (χ1n) is 9.81. The van der Waals surface area contributed by atoms with Gasteiger partial charge < -0.3 is 19.5 Å². The third-order valence-electron chi connectivity index (χ3n) is 5.41. The Morgan fingerprint density at radius 2 is 1.55 bits per heavy atom. The lowest BCUT2D eigenvalue weighted by Crippen LogP contribution is -2.32. The fourth-order valence-electron chi connectivity index (χ4n) is 4.22. The summed E-state index contributed by atoms with van der Waals surface area (Å²) in [6.45, 7) is 3.80. The summed E-state index contributed by atoms with van der Waals surface area (Å²) >= 11 is 0. The van der Waals surface area contributed by atoms with Gasteiger partial charge in [0.15, 0.2) is 5.60 Å². The summed E-state index contributed by atoms with van der Waals surface area (Å²) in [5, 5.41) is 3.32. The number of rotatable bonds is 5. The summed E-state index contributed by atoms with van der Waals surface area (Å²) in [4.78, 5) is 13.1. The van der Waals surface area contributed by atoms with Crippen LogP contribution in [0.5, 0.6) is 11.5 Å². The highest BCUT2D eigenvalue weighted by molar-refractivity contribution is 6.02. The molecule has 0 atom stereocenters. The highest BCUT2D eigenvalue weighted by atomic mass is 16.6. The topological polar surface area (TPSA) is 56.8 Å². The number of hydrogen-bond donors (Lipinski definition) is 1. The molecule has 0 fully saturated rings. The maximum atomic E-state index is 13.1. The van der Waals surface area contributed by atoms with Crippen molar-refractivity contribution < 1.29 is 19.0 Å². The van der Waals surface area contributed by atoms with Crippen molar-refractivity contribution in [2.75, 3.05) is 25.1 Å². The lowest BCUT2D eigenvalue weighted by molar-refractivity contribution is 0.0225. The third-order valence-corrected chi connectivity index (χ3v) is 5.41. The molecule has 5 nitrogen and oxygen atoms in total. The molecule has 0 aliphatic carbocycles. The van der Waals surface area contributed by atoms with Gasteiger partial charge in [0.05, 0.1) is 12.2 Å². The number of hydrogen-bond acceptors (Lipinski definition) is 5. The molecule has 3 aromatic carbocycles. The molecule has 146 valence electrons. The summed E-state index contributed by atoms with van der Waals surface area (Å²) in [5.41, 5.74) is 2.79. The molecular weight excluding hydrogens is 366 g/mol. The summed E-state index contributed by atoms with van der Waals surface area (Å²) in [7, 11) is 0. The minimum absolute atomic E-state index is 0.342. The molecular formula is C24H21NO4. The summed E-state index contributed by atoms with van der Waals surface area (Å²) < 4.78 is 17.7. The summed E-state index contributed by atoms with van der Waals surface area (Å²) in [5.74, 6) is 1.05. The number of esters is 1. The van der Waals surface area contributed by atoms with Gasteiger partial charge >= 0.3 is 5.97 Å². The van der Waals surface area contributed by atoms with Crippen LogP contribution in [0.25, 0.3) is 0 Å². The highest BCUT2D eigenvalue weighted by Gasteiger charge is 2.54. The Morgan fingerprint density at radius 3 is 2.24 bits per heavy atom. The number of carbonyl (C=O) groups is 1. The van der Waals surface area contributed by atoms with Gasteiger partial charge in [0.1, 0.15) is 11.5 Å². The summed E-state index contributed by atoms with van der Waals surface area (Å²) in [6, 6.07) is 21.3. The van der Waals surface area contributed by atoms with E-state index in [4.69, 9.17) is 14.2 Å². The van der Waals surface area contributed by atoms with E-state index in [2.05, 4.69) is 5.32 Å². The molecule has 0 saturated heterocycles. The molecule has 2 aliphatic heterocycles. The average molecular weight is 387 g/mol. The van der Waals surface area contributed by atoms with E-state index < -0.39 is 5.60 Å². The van der Waals surface area contributed by atoms with Crippen LogP contribution in [0, 0.1) is 0 Å². The summed E-state index contributed by atoms with van der Waals surface area (Å²) in [6.07, 6.45) is 0. The SMILES string of the molecule is CCOCCNc1cccc2c1C(=O)OC21c2ccccc2Oc2ccccc21. The van der Waals surface area contributed by atoms with Gasteiger partial charge in [-0.2, -0.15) is 0 Å². The lowest BCUT2D eigenvalue weighted by Gasteiger charge is -2.36. The second kappa shape index (κ2) is 6.94. The van der Waals surface area contributed by atoms with Crippen LogP contribution in [0.2, 0.25) is 0 Å². The molecule has 0 aromatic heterocycles. The molecule has 1 N–H and O–H groups in total. The zero-order valence-electron chi connectivity index (χ0n) is 16.1. The van der Waals surface area contributed by atoms with E-state index in [1.165, 1.54) is 0 Å². The molecule has 0 unspecified atom stereocenters. The number of nitrogens with one attached hydrogen (secondary N) is 1. The van der Waals surface area contributed by atoms with E-state index >= 15 is 0 Å². The van der Waals surface area contributed by atoms with Crippen LogP contribution in [0.15, 0.2) is 66.7 Å². The smallest absolute Gasteiger partial charge is 0.342 e. The van der Waals surface area contributed by atoms with E-state index in [0.717, 1.165) is 22.4 Å². The second-order valence-corrected chi connectivity index (χ2v) is 7.02.